The SMILES string of the molecule is COc1ccc(N(CC(=O)N/N=C\c2ccc(SC)cc2)S(C)(=O)=O)cc1. The molecule has 1 N–H and O–H groups in total. The summed E-state index contributed by atoms with van der Waals surface area (Å²) in [5, 5.41) is 3.88. The molecule has 2 aromatic carbocycles. The van der Waals surface area contributed by atoms with Gasteiger partial charge in [-0.25, -0.2) is 13.8 Å². The molecular formula is C18H21N3O4S2. The van der Waals surface area contributed by atoms with Gasteiger partial charge >= 0.3 is 0 Å². The monoisotopic (exact) mass is 407 g/mol. The lowest BCUT2D eigenvalue weighted by Crippen LogP contribution is -2.39. The van der Waals surface area contributed by atoms with Crippen molar-refractivity contribution in [2.24, 2.45) is 5.10 Å². The first-order valence-corrected chi connectivity index (χ1v) is 11.0. The largest absolute Gasteiger partial charge is 0.497 e. The number of sulfonamides is 1. The van der Waals surface area contributed by atoms with E-state index in [4.69, 9.17) is 4.74 Å². The number of hydrazone groups is 1. The molecule has 0 radical (unpaired) electrons. The average Bonchev–Trinajstić information content (AvgIpc) is 2.66. The van der Waals surface area contributed by atoms with Crippen molar-refractivity contribution in [1.29, 1.82) is 0 Å². The number of ether oxygens (including phenoxy) is 1. The lowest BCUT2D eigenvalue weighted by Gasteiger charge is -2.21. The molecule has 144 valence electrons. The van der Waals surface area contributed by atoms with Gasteiger partial charge in [-0.1, -0.05) is 12.1 Å². The lowest BCUT2D eigenvalue weighted by atomic mass is 10.2. The first-order valence-electron chi connectivity index (χ1n) is 7.91. The van der Waals surface area contributed by atoms with Gasteiger partial charge in [0.1, 0.15) is 12.3 Å². The van der Waals surface area contributed by atoms with Crippen LogP contribution < -0.4 is 14.5 Å². The van der Waals surface area contributed by atoms with Gasteiger partial charge < -0.3 is 4.74 Å². The van der Waals surface area contributed by atoms with Gasteiger partial charge in [-0.05, 0) is 48.2 Å². The predicted octanol–water partition coefficient (Wildman–Crippen LogP) is 2.33. The number of benzene rings is 2. The fraction of sp³-hybridized carbons (Fsp3) is 0.222. The van der Waals surface area contributed by atoms with E-state index in [1.165, 1.54) is 13.3 Å². The topological polar surface area (TPSA) is 88.1 Å². The van der Waals surface area contributed by atoms with Crippen molar-refractivity contribution >= 4 is 39.6 Å². The summed E-state index contributed by atoms with van der Waals surface area (Å²) in [5.41, 5.74) is 3.54. The maximum atomic E-state index is 12.1. The summed E-state index contributed by atoms with van der Waals surface area (Å²) in [7, 11) is -2.12. The molecule has 1 amide bonds. The number of hydrogen-bond donors (Lipinski definition) is 1. The van der Waals surface area contributed by atoms with Crippen LogP contribution in [-0.4, -0.2) is 46.7 Å². The lowest BCUT2D eigenvalue weighted by molar-refractivity contribution is -0.119. The maximum Gasteiger partial charge on any atom is 0.260 e. The van der Waals surface area contributed by atoms with E-state index in [9.17, 15) is 13.2 Å². The summed E-state index contributed by atoms with van der Waals surface area (Å²) in [6.45, 7) is -0.381. The molecule has 0 saturated carbocycles. The van der Waals surface area contributed by atoms with Crippen molar-refractivity contribution in [3.05, 3.63) is 54.1 Å². The van der Waals surface area contributed by atoms with E-state index < -0.39 is 15.9 Å². The molecule has 27 heavy (non-hydrogen) atoms. The Balaban J connectivity index is 2.03. The normalized spacial score (nSPS) is 11.4. The Kier molecular flexibility index (Phi) is 7.26. The number of methoxy groups -OCH3 is 1. The molecule has 0 atom stereocenters. The highest BCUT2D eigenvalue weighted by Crippen LogP contribution is 2.21. The zero-order valence-corrected chi connectivity index (χ0v) is 16.9. The van der Waals surface area contributed by atoms with E-state index in [0.29, 0.717) is 11.4 Å². The summed E-state index contributed by atoms with van der Waals surface area (Å²) in [6, 6.07) is 14.0. The number of anilines is 1. The summed E-state index contributed by atoms with van der Waals surface area (Å²) in [4.78, 5) is 13.3. The summed E-state index contributed by atoms with van der Waals surface area (Å²) >= 11 is 1.63. The third-order valence-corrected chi connectivity index (χ3v) is 5.45. The van der Waals surface area contributed by atoms with Gasteiger partial charge in [-0.2, -0.15) is 5.10 Å². The van der Waals surface area contributed by atoms with Gasteiger partial charge in [0.2, 0.25) is 10.0 Å². The van der Waals surface area contributed by atoms with Crippen LogP contribution in [0.2, 0.25) is 0 Å². The highest BCUT2D eigenvalue weighted by molar-refractivity contribution is 7.98. The van der Waals surface area contributed by atoms with Crippen molar-refractivity contribution < 1.29 is 17.9 Å². The second-order valence-corrected chi connectivity index (χ2v) is 8.32. The number of rotatable bonds is 8. The number of hydrogen-bond acceptors (Lipinski definition) is 6. The molecule has 0 unspecified atom stereocenters. The van der Waals surface area contributed by atoms with Crippen LogP contribution in [0.25, 0.3) is 0 Å². The van der Waals surface area contributed by atoms with Crippen LogP contribution in [0.1, 0.15) is 5.56 Å². The molecule has 0 saturated heterocycles. The minimum absolute atomic E-state index is 0.366. The highest BCUT2D eigenvalue weighted by atomic mass is 32.2. The van der Waals surface area contributed by atoms with Crippen LogP contribution in [0.5, 0.6) is 5.75 Å². The molecule has 0 spiro atoms. The minimum Gasteiger partial charge on any atom is -0.497 e. The standard InChI is InChI=1S/C18H21N3O4S2/c1-25-16-8-6-15(7-9-16)21(27(3,23)24)13-18(22)20-19-12-14-4-10-17(26-2)11-5-14/h4-12H,13H2,1-3H3,(H,20,22)/b19-12-. The Hall–Kier alpha value is -2.52. The van der Waals surface area contributed by atoms with Crippen molar-refractivity contribution in [3.8, 4) is 5.75 Å². The van der Waals surface area contributed by atoms with Crippen LogP contribution in [0, 0.1) is 0 Å². The number of nitrogens with one attached hydrogen (secondary N) is 1. The van der Waals surface area contributed by atoms with Crippen molar-refractivity contribution in [2.75, 3.05) is 30.5 Å². The Bertz CT molecular complexity index is 895. The van der Waals surface area contributed by atoms with E-state index in [-0.39, 0.29) is 6.54 Å². The Morgan fingerprint density at radius 2 is 1.81 bits per heavy atom. The summed E-state index contributed by atoms with van der Waals surface area (Å²) in [5.74, 6) is 0.0435. The van der Waals surface area contributed by atoms with Gasteiger partial charge in [-0.3, -0.25) is 9.10 Å². The third-order valence-electron chi connectivity index (χ3n) is 3.57. The van der Waals surface area contributed by atoms with Crippen molar-refractivity contribution in [1.82, 2.24) is 5.43 Å². The smallest absolute Gasteiger partial charge is 0.260 e. The number of amides is 1. The fourth-order valence-corrected chi connectivity index (χ4v) is 3.45. The predicted molar refractivity (Wildman–Crippen MR) is 109 cm³/mol. The zero-order chi connectivity index (χ0) is 19.9. The van der Waals surface area contributed by atoms with Gasteiger partial charge in [0.05, 0.1) is 25.3 Å². The third kappa shape index (κ3) is 6.30. The molecule has 0 bridgehead atoms. The van der Waals surface area contributed by atoms with E-state index in [0.717, 1.165) is 21.0 Å². The minimum atomic E-state index is -3.64. The molecule has 0 fully saturated rings. The first-order chi connectivity index (χ1) is 12.8. The van der Waals surface area contributed by atoms with Crippen LogP contribution in [0.15, 0.2) is 58.5 Å². The maximum absolute atomic E-state index is 12.1. The molecule has 0 aromatic heterocycles. The van der Waals surface area contributed by atoms with Gasteiger partial charge in [-0.15, -0.1) is 11.8 Å². The quantitative estimate of drug-likeness (QED) is 0.412. The first kappa shape index (κ1) is 20.8. The molecule has 2 rings (SSSR count). The molecule has 0 aliphatic carbocycles. The fourth-order valence-electron chi connectivity index (χ4n) is 2.18. The Morgan fingerprint density at radius 1 is 1.19 bits per heavy atom. The summed E-state index contributed by atoms with van der Waals surface area (Å²) in [6.07, 6.45) is 4.53. The van der Waals surface area contributed by atoms with E-state index >= 15 is 0 Å². The van der Waals surface area contributed by atoms with E-state index in [1.807, 2.05) is 30.5 Å². The molecule has 0 heterocycles. The molecule has 9 heteroatoms. The van der Waals surface area contributed by atoms with E-state index in [2.05, 4.69) is 10.5 Å². The van der Waals surface area contributed by atoms with Crippen LogP contribution in [-0.2, 0) is 14.8 Å². The molecule has 7 nitrogen and oxygen atoms in total. The number of carbonyl (C=O) groups is 1. The number of thioether (sulfide) groups is 1. The number of carbonyl (C=O) groups excluding carboxylic acids is 1. The second kappa shape index (κ2) is 9.43. The molecular weight excluding hydrogens is 386 g/mol. The van der Waals surface area contributed by atoms with Crippen LogP contribution in [0.3, 0.4) is 0 Å². The van der Waals surface area contributed by atoms with Crippen molar-refractivity contribution in [2.45, 2.75) is 4.90 Å². The van der Waals surface area contributed by atoms with Gasteiger partial charge in [0, 0.05) is 4.90 Å². The molecule has 0 aliphatic rings. The van der Waals surface area contributed by atoms with Crippen LogP contribution >= 0.6 is 11.8 Å². The summed E-state index contributed by atoms with van der Waals surface area (Å²) < 4.78 is 30.2. The Labute approximate surface area is 163 Å². The van der Waals surface area contributed by atoms with E-state index in [1.54, 1.807) is 36.0 Å². The molecule has 0 aliphatic heterocycles. The molecule has 2 aromatic rings. The highest BCUT2D eigenvalue weighted by Gasteiger charge is 2.20. The zero-order valence-electron chi connectivity index (χ0n) is 15.2. The van der Waals surface area contributed by atoms with Crippen molar-refractivity contribution in [3.63, 3.8) is 0 Å². The number of nitrogens with zero attached hydrogens (tertiary/aromatic N) is 2. The van der Waals surface area contributed by atoms with Gasteiger partial charge in [0.25, 0.3) is 5.91 Å². The average molecular weight is 408 g/mol. The Morgan fingerprint density at radius 3 is 2.33 bits per heavy atom. The van der Waals surface area contributed by atoms with Gasteiger partial charge in [0.15, 0.2) is 0 Å². The second-order valence-electron chi connectivity index (χ2n) is 5.53. The van der Waals surface area contributed by atoms with Crippen LogP contribution in [0.4, 0.5) is 5.69 Å².